The number of nitrogen functional groups attached to an aromatic ring is 1. The Hall–Kier alpha value is -7.20. The number of pyridine rings is 1. The zero-order chi connectivity index (χ0) is 58.4. The second kappa shape index (κ2) is 26.4. The van der Waals surface area contributed by atoms with Gasteiger partial charge in [0.15, 0.2) is 11.6 Å². The Kier molecular flexibility index (Phi) is 18.4. The Morgan fingerprint density at radius 1 is 0.881 bits per heavy atom. The molecule has 5 aliphatic rings. The van der Waals surface area contributed by atoms with Crippen LogP contribution in [0.1, 0.15) is 126 Å². The van der Waals surface area contributed by atoms with Gasteiger partial charge in [0.05, 0.1) is 57.7 Å². The van der Waals surface area contributed by atoms with Crippen molar-refractivity contribution in [2.24, 2.45) is 23.5 Å². The summed E-state index contributed by atoms with van der Waals surface area (Å²) in [5, 5.41) is 37.3. The molecule has 4 aromatic heterocycles. The Balaban J connectivity index is 0.592. The van der Waals surface area contributed by atoms with E-state index in [1.165, 1.54) is 0 Å². The van der Waals surface area contributed by atoms with Crippen LogP contribution in [0.15, 0.2) is 89.0 Å². The van der Waals surface area contributed by atoms with Crippen molar-refractivity contribution in [1.29, 1.82) is 0 Å². The van der Waals surface area contributed by atoms with Gasteiger partial charge >= 0.3 is 0 Å². The SMILES string of the molecule is Cc1ncsc1-c1ccc([C@H](CCCC(N)=O)NC(=O)[C@@H]2C[C@@H](O)CC2CCC(=O)[C@H](c2cc(OCCN3CCC(OC4CC(Oc5cc(N6C7CCC6CN(c6cc(-c8ccccc8O)nnc6N)C7)ccn5)C4)CC3)no2)C(C)C)cc1. The average molecular weight is 1170 g/mol. The molecule has 446 valence electrons. The second-order valence-electron chi connectivity index (χ2n) is 24.0. The number of piperazine rings is 1. The number of piperidine rings is 1. The van der Waals surface area contributed by atoms with E-state index in [4.69, 9.17) is 30.2 Å². The molecular formula is C63H79N11O9S. The molecule has 7 atom stereocenters. The van der Waals surface area contributed by atoms with Crippen molar-refractivity contribution in [2.45, 2.75) is 153 Å². The van der Waals surface area contributed by atoms with Crippen LogP contribution in [0, 0.1) is 24.7 Å². The molecule has 7 N–H and O–H groups in total. The van der Waals surface area contributed by atoms with Gasteiger partial charge in [-0.2, -0.15) is 0 Å². The lowest BCUT2D eigenvalue weighted by Gasteiger charge is -2.43. The number of anilines is 3. The van der Waals surface area contributed by atoms with Crippen molar-refractivity contribution < 1.29 is 43.3 Å². The number of Topliss-reactive ketones (excluding diaryl/α,β-unsaturated/α-hetero) is 1. The molecule has 3 aliphatic heterocycles. The summed E-state index contributed by atoms with van der Waals surface area (Å²) >= 11 is 1.58. The van der Waals surface area contributed by atoms with Gasteiger partial charge in [0, 0.05) is 106 Å². The zero-order valence-corrected chi connectivity index (χ0v) is 49.1. The van der Waals surface area contributed by atoms with Crippen molar-refractivity contribution in [3.8, 4) is 39.2 Å². The van der Waals surface area contributed by atoms with E-state index < -0.39 is 23.8 Å². The maximum absolute atomic E-state index is 14.1. The summed E-state index contributed by atoms with van der Waals surface area (Å²) in [6, 6.07) is 23.2. The fraction of sp³-hybridized carbons (Fsp3) is 0.524. The molecule has 2 aliphatic carbocycles. The van der Waals surface area contributed by atoms with Crippen molar-refractivity contribution in [1.82, 2.24) is 35.5 Å². The van der Waals surface area contributed by atoms with Crippen LogP contribution in [0.4, 0.5) is 17.2 Å². The zero-order valence-electron chi connectivity index (χ0n) is 48.3. The van der Waals surface area contributed by atoms with Crippen LogP contribution in [0.3, 0.4) is 0 Å². The smallest absolute Gasteiger partial charge is 0.254 e. The minimum Gasteiger partial charge on any atom is -0.507 e. The normalized spacial score (nSPS) is 23.3. The number of aliphatic hydroxyl groups excluding tert-OH is 1. The third-order valence-electron chi connectivity index (χ3n) is 17.9. The quantitative estimate of drug-likeness (QED) is 0.0359. The lowest BCUT2D eigenvalue weighted by Crippen LogP contribution is -2.54. The monoisotopic (exact) mass is 1170 g/mol. The second-order valence-corrected chi connectivity index (χ2v) is 24.9. The number of primary amides is 1. The van der Waals surface area contributed by atoms with Crippen LogP contribution in [-0.4, -0.2) is 134 Å². The lowest BCUT2D eigenvalue weighted by molar-refractivity contribution is -0.128. The van der Waals surface area contributed by atoms with Crippen molar-refractivity contribution in [2.75, 3.05) is 54.9 Å². The third kappa shape index (κ3) is 13.8. The van der Waals surface area contributed by atoms with E-state index in [9.17, 15) is 24.6 Å². The number of para-hydroxylation sites is 1. The Labute approximate surface area is 494 Å². The first kappa shape index (κ1) is 58.6. The van der Waals surface area contributed by atoms with Crippen LogP contribution in [0.5, 0.6) is 17.5 Å². The summed E-state index contributed by atoms with van der Waals surface area (Å²) in [6.45, 7) is 10.5. The average Bonchev–Trinajstić information content (AvgIpc) is 3.62. The molecule has 0 radical (unpaired) electrons. The maximum Gasteiger partial charge on any atom is 0.254 e. The Morgan fingerprint density at radius 2 is 1.65 bits per heavy atom. The lowest BCUT2D eigenvalue weighted by atomic mass is 9.83. The number of hydrogen-bond acceptors (Lipinski definition) is 19. The number of rotatable bonds is 25. The van der Waals surface area contributed by atoms with E-state index in [2.05, 4.69) is 57.5 Å². The highest BCUT2D eigenvalue weighted by atomic mass is 32.1. The summed E-state index contributed by atoms with van der Waals surface area (Å²) in [5.74, 6) is 0.142. The number of ketones is 1. The van der Waals surface area contributed by atoms with Crippen molar-refractivity contribution in [3.05, 3.63) is 102 Å². The number of carbonyl (C=O) groups excluding carboxylic acids is 3. The van der Waals surface area contributed by atoms with E-state index >= 15 is 0 Å². The number of fused-ring (bicyclic) bond motifs is 2. The van der Waals surface area contributed by atoms with E-state index in [-0.39, 0.29) is 78.6 Å². The number of benzene rings is 2. The molecule has 11 rings (SSSR count). The number of nitrogens with zero attached hydrogens (tertiary/aromatic N) is 8. The van der Waals surface area contributed by atoms with Gasteiger partial charge in [-0.25, -0.2) is 9.97 Å². The highest BCUT2D eigenvalue weighted by Crippen LogP contribution is 2.42. The molecule has 21 heteroatoms. The number of thiazole rings is 1. The van der Waals surface area contributed by atoms with Gasteiger partial charge < -0.3 is 55.5 Å². The molecule has 6 aromatic rings. The number of ether oxygens (including phenoxy) is 3. The number of nitrogens with one attached hydrogen (secondary N) is 1. The highest BCUT2D eigenvalue weighted by molar-refractivity contribution is 7.13. The van der Waals surface area contributed by atoms with E-state index in [0.29, 0.717) is 73.3 Å². The predicted molar refractivity (Wildman–Crippen MR) is 320 cm³/mol. The summed E-state index contributed by atoms with van der Waals surface area (Å²) in [7, 11) is 0. The van der Waals surface area contributed by atoms with E-state index in [1.807, 2.05) is 74.9 Å². The molecule has 3 saturated heterocycles. The van der Waals surface area contributed by atoms with Gasteiger partial charge in [-0.1, -0.05) is 50.2 Å². The number of aromatic nitrogens is 5. The van der Waals surface area contributed by atoms with Crippen LogP contribution in [0.2, 0.25) is 0 Å². The highest BCUT2D eigenvalue weighted by Gasteiger charge is 2.43. The molecule has 2 bridgehead atoms. The summed E-state index contributed by atoms with van der Waals surface area (Å²) < 4.78 is 24.8. The number of aryl methyl sites for hydroxylation is 1. The largest absolute Gasteiger partial charge is 0.507 e. The standard InChI is InChI=1S/C63H79N11O9S/c1-37(2)60(55(77)18-15-41-27-45(75)29-50(41)63(79)68-51(8-6-10-57(64)78)39-11-13-40(14-12-39)61-38(3)67-36-84-61)56-33-59(71-83-56)80-26-25-72-23-20-46(21-24-72)81-47-30-48(31-47)82-58-28-42(19-22-66-58)74-43-16-17-44(74)35-73(34-43)53-32-52(69-70-62(53)65)49-7-4-5-9-54(49)76/h4-5,7,9,11-14,19,22,28,32-33,36-37,41,43-48,50-51,60,75-76H,6,8,10,15-18,20-21,23-27,29-31,34-35H2,1-3H3,(H2,64,78)(H2,65,70)(H,68,79)/t41?,43?,44?,45-,47?,48?,50+,51-,60+/m0/s1. The minimum atomic E-state index is -0.646. The van der Waals surface area contributed by atoms with Crippen LogP contribution in [0.25, 0.3) is 21.7 Å². The number of likely N-dealkylation sites (tertiary alicyclic amines) is 1. The topological polar surface area (TPSA) is 271 Å². The number of phenolic OH excluding ortho intramolecular Hbond substituents is 1. The van der Waals surface area contributed by atoms with Crippen LogP contribution >= 0.6 is 11.3 Å². The van der Waals surface area contributed by atoms with E-state index in [0.717, 1.165) is 104 Å². The first-order valence-corrected chi connectivity index (χ1v) is 30.9. The molecule has 2 aromatic carbocycles. The van der Waals surface area contributed by atoms with Gasteiger partial charge in [-0.3, -0.25) is 19.3 Å². The summed E-state index contributed by atoms with van der Waals surface area (Å²) in [5.41, 5.74) is 19.8. The van der Waals surface area contributed by atoms with Crippen LogP contribution in [-0.2, 0) is 19.1 Å². The first-order chi connectivity index (χ1) is 40.7. The van der Waals surface area contributed by atoms with Gasteiger partial charge in [0.1, 0.15) is 24.2 Å². The first-order valence-electron chi connectivity index (χ1n) is 30.0. The van der Waals surface area contributed by atoms with Gasteiger partial charge in [0.2, 0.25) is 17.7 Å². The van der Waals surface area contributed by atoms with Crippen LogP contribution < -0.4 is 36.1 Å². The number of phenols is 1. The van der Waals surface area contributed by atoms with Gasteiger partial charge in [-0.15, -0.1) is 21.5 Å². The van der Waals surface area contributed by atoms with Crippen molar-refractivity contribution in [3.63, 3.8) is 0 Å². The number of nitrogens with two attached hydrogens (primary N) is 2. The maximum atomic E-state index is 14.1. The number of aliphatic hydroxyl groups is 1. The number of aromatic hydroxyl groups is 1. The predicted octanol–water partition coefficient (Wildman–Crippen LogP) is 8.56. The van der Waals surface area contributed by atoms with Crippen molar-refractivity contribution >= 4 is 46.1 Å². The fourth-order valence-electron chi connectivity index (χ4n) is 13.4. The molecule has 20 nitrogen and oxygen atoms in total. The molecule has 0 spiro atoms. The molecule has 5 fully saturated rings. The number of carbonyl (C=O) groups is 3. The third-order valence-corrected chi connectivity index (χ3v) is 18.9. The molecule has 2 amide bonds. The summed E-state index contributed by atoms with van der Waals surface area (Å²) in [4.78, 5) is 57.0. The minimum absolute atomic E-state index is 0.00483. The Bertz CT molecular complexity index is 3200. The molecule has 84 heavy (non-hydrogen) atoms. The Morgan fingerprint density at radius 3 is 2.38 bits per heavy atom. The summed E-state index contributed by atoms with van der Waals surface area (Å²) in [6.07, 6.45) is 9.92. The molecule has 3 unspecified atom stereocenters. The van der Waals surface area contributed by atoms with Gasteiger partial charge in [0.25, 0.3) is 5.88 Å². The molecule has 2 saturated carbocycles. The molecule has 7 heterocycles. The van der Waals surface area contributed by atoms with Gasteiger partial charge in [-0.05, 0) is 117 Å². The van der Waals surface area contributed by atoms with E-state index in [1.54, 1.807) is 29.5 Å². The molecular weight excluding hydrogens is 1090 g/mol. The fourth-order valence-corrected chi connectivity index (χ4v) is 14.2. The number of hydrogen-bond donors (Lipinski definition) is 5. The number of amides is 2.